The van der Waals surface area contributed by atoms with Crippen LogP contribution in [0.4, 0.5) is 5.82 Å². The Bertz CT molecular complexity index is 1260. The summed E-state index contributed by atoms with van der Waals surface area (Å²) in [6, 6.07) is 20.0. The lowest BCUT2D eigenvalue weighted by Crippen LogP contribution is -2.13. The Kier molecular flexibility index (Phi) is 5.72. The van der Waals surface area contributed by atoms with Gasteiger partial charge >= 0.3 is 0 Å². The summed E-state index contributed by atoms with van der Waals surface area (Å²) in [5.74, 6) is 0.710. The van der Waals surface area contributed by atoms with Gasteiger partial charge in [0.2, 0.25) is 0 Å². The molecule has 0 aliphatic heterocycles. The van der Waals surface area contributed by atoms with Crippen molar-refractivity contribution in [3.05, 3.63) is 95.3 Å². The van der Waals surface area contributed by atoms with Gasteiger partial charge in [-0.05, 0) is 43.3 Å². The molecule has 31 heavy (non-hydrogen) atoms. The molecule has 0 bridgehead atoms. The molecule has 2 N–H and O–H groups in total. The number of aromatic amines is 1. The highest BCUT2D eigenvalue weighted by atomic mass is 16.5. The molecule has 0 aliphatic rings. The summed E-state index contributed by atoms with van der Waals surface area (Å²) in [5, 5.41) is 19.2. The molecule has 0 spiro atoms. The van der Waals surface area contributed by atoms with Crippen LogP contribution in [0.1, 0.15) is 27.0 Å². The summed E-state index contributed by atoms with van der Waals surface area (Å²) in [7, 11) is 0. The van der Waals surface area contributed by atoms with Crippen molar-refractivity contribution >= 4 is 11.7 Å². The second kappa shape index (κ2) is 8.93. The van der Waals surface area contributed by atoms with Crippen LogP contribution in [0.15, 0.2) is 73.1 Å². The number of nitrogens with one attached hydrogen (secondary N) is 2. The van der Waals surface area contributed by atoms with E-state index in [9.17, 15) is 10.1 Å². The predicted octanol–water partition coefficient (Wildman–Crippen LogP) is 4.48. The number of nitriles is 1. The number of rotatable bonds is 6. The molecule has 0 fully saturated rings. The summed E-state index contributed by atoms with van der Waals surface area (Å²) in [6.45, 7) is 2.13. The SMILES string of the molecule is Cc1c(NC(=O)c2cccc(OCc3ccccc3C#N)c2)n[nH]c1-c1ccncc1. The van der Waals surface area contributed by atoms with Crippen LogP contribution in [0, 0.1) is 18.3 Å². The third kappa shape index (κ3) is 4.43. The van der Waals surface area contributed by atoms with E-state index >= 15 is 0 Å². The summed E-state index contributed by atoms with van der Waals surface area (Å²) < 4.78 is 5.80. The fourth-order valence-corrected chi connectivity index (χ4v) is 3.14. The van der Waals surface area contributed by atoms with Crippen LogP contribution in [0.2, 0.25) is 0 Å². The number of amides is 1. The van der Waals surface area contributed by atoms with E-state index in [1.807, 2.05) is 37.3 Å². The van der Waals surface area contributed by atoms with Crippen molar-refractivity contribution in [2.45, 2.75) is 13.5 Å². The Morgan fingerprint density at radius 3 is 2.74 bits per heavy atom. The number of pyridine rings is 1. The van der Waals surface area contributed by atoms with E-state index in [4.69, 9.17) is 4.74 Å². The average Bonchev–Trinajstić information content (AvgIpc) is 3.18. The lowest BCUT2D eigenvalue weighted by molar-refractivity contribution is 0.102. The molecule has 152 valence electrons. The molecule has 4 aromatic rings. The highest BCUT2D eigenvalue weighted by Crippen LogP contribution is 2.26. The summed E-state index contributed by atoms with van der Waals surface area (Å²) in [4.78, 5) is 16.8. The molecule has 2 heterocycles. The van der Waals surface area contributed by atoms with E-state index in [-0.39, 0.29) is 12.5 Å². The van der Waals surface area contributed by atoms with Crippen molar-refractivity contribution in [2.75, 3.05) is 5.32 Å². The molecule has 0 saturated carbocycles. The minimum atomic E-state index is -0.293. The second-order valence-electron chi connectivity index (χ2n) is 6.85. The lowest BCUT2D eigenvalue weighted by atomic mass is 10.1. The van der Waals surface area contributed by atoms with Crippen LogP contribution in [0.5, 0.6) is 5.75 Å². The number of ether oxygens (including phenoxy) is 1. The number of H-pyrrole nitrogens is 1. The number of hydrogen-bond acceptors (Lipinski definition) is 5. The first-order chi connectivity index (χ1) is 15.2. The molecule has 7 nitrogen and oxygen atoms in total. The minimum absolute atomic E-state index is 0.239. The number of benzene rings is 2. The second-order valence-corrected chi connectivity index (χ2v) is 6.85. The van der Waals surface area contributed by atoms with Crippen LogP contribution < -0.4 is 10.1 Å². The van der Waals surface area contributed by atoms with Gasteiger partial charge in [0.1, 0.15) is 12.4 Å². The van der Waals surface area contributed by atoms with Gasteiger partial charge in [-0.1, -0.05) is 24.3 Å². The van der Waals surface area contributed by atoms with Crippen molar-refractivity contribution < 1.29 is 9.53 Å². The Morgan fingerprint density at radius 1 is 1.13 bits per heavy atom. The van der Waals surface area contributed by atoms with Gasteiger partial charge in [0.05, 0.1) is 17.3 Å². The maximum Gasteiger partial charge on any atom is 0.257 e. The Hall–Kier alpha value is -4.44. The fourth-order valence-electron chi connectivity index (χ4n) is 3.14. The number of carbonyl (C=O) groups is 1. The zero-order valence-corrected chi connectivity index (χ0v) is 16.8. The molecule has 0 unspecified atom stereocenters. The van der Waals surface area contributed by atoms with Crippen LogP contribution >= 0.6 is 0 Å². The smallest absolute Gasteiger partial charge is 0.257 e. The highest BCUT2D eigenvalue weighted by Gasteiger charge is 2.15. The largest absolute Gasteiger partial charge is 0.489 e. The number of carbonyl (C=O) groups excluding carboxylic acids is 1. The maximum absolute atomic E-state index is 12.8. The molecule has 0 radical (unpaired) electrons. The van der Waals surface area contributed by atoms with Crippen LogP contribution in [0.3, 0.4) is 0 Å². The zero-order chi connectivity index (χ0) is 21.6. The third-order valence-electron chi connectivity index (χ3n) is 4.84. The Labute approximate surface area is 179 Å². The van der Waals surface area contributed by atoms with Crippen molar-refractivity contribution in [3.8, 4) is 23.1 Å². The molecule has 1 amide bonds. The molecule has 4 rings (SSSR count). The monoisotopic (exact) mass is 409 g/mol. The standard InChI is InChI=1S/C24H19N5O2/c1-16-22(17-9-11-26-12-10-17)28-29-23(16)27-24(30)18-7-4-8-21(13-18)31-15-20-6-3-2-5-19(20)14-25/h2-13H,15H2,1H3,(H2,27,28,29,30). The number of anilines is 1. The van der Waals surface area contributed by atoms with E-state index in [2.05, 4.69) is 26.6 Å². The molecular weight excluding hydrogens is 390 g/mol. The molecule has 7 heteroatoms. The number of hydrogen-bond donors (Lipinski definition) is 2. The highest BCUT2D eigenvalue weighted by molar-refractivity contribution is 6.04. The number of aromatic nitrogens is 3. The van der Waals surface area contributed by atoms with Crippen LogP contribution in [-0.2, 0) is 6.61 Å². The molecule has 2 aromatic carbocycles. The molecule has 0 atom stereocenters. The zero-order valence-electron chi connectivity index (χ0n) is 16.8. The van der Waals surface area contributed by atoms with E-state index in [1.54, 1.807) is 42.7 Å². The Balaban J connectivity index is 1.47. The van der Waals surface area contributed by atoms with E-state index in [0.717, 1.165) is 22.4 Å². The lowest BCUT2D eigenvalue weighted by Gasteiger charge is -2.09. The third-order valence-corrected chi connectivity index (χ3v) is 4.84. The van der Waals surface area contributed by atoms with E-state index in [0.29, 0.717) is 22.7 Å². The van der Waals surface area contributed by atoms with Gasteiger partial charge < -0.3 is 10.1 Å². The summed E-state index contributed by atoms with van der Waals surface area (Å²) in [5.41, 5.74) is 4.39. The average molecular weight is 409 g/mol. The van der Waals surface area contributed by atoms with Crippen LogP contribution in [0.25, 0.3) is 11.3 Å². The van der Waals surface area contributed by atoms with E-state index < -0.39 is 0 Å². The first-order valence-electron chi connectivity index (χ1n) is 9.63. The van der Waals surface area contributed by atoms with Crippen molar-refractivity contribution in [1.82, 2.24) is 15.2 Å². The molecular formula is C24H19N5O2. The minimum Gasteiger partial charge on any atom is -0.489 e. The van der Waals surface area contributed by atoms with Gasteiger partial charge in [-0.25, -0.2) is 0 Å². The molecule has 0 saturated heterocycles. The van der Waals surface area contributed by atoms with Gasteiger partial charge in [-0.3, -0.25) is 14.9 Å². The van der Waals surface area contributed by atoms with Gasteiger partial charge in [0, 0.05) is 34.6 Å². The number of nitrogens with zero attached hydrogens (tertiary/aromatic N) is 3. The van der Waals surface area contributed by atoms with Crippen molar-refractivity contribution in [2.24, 2.45) is 0 Å². The van der Waals surface area contributed by atoms with Crippen molar-refractivity contribution in [3.63, 3.8) is 0 Å². The first kappa shape index (κ1) is 19.9. The molecule has 2 aromatic heterocycles. The van der Waals surface area contributed by atoms with Crippen LogP contribution in [-0.4, -0.2) is 21.1 Å². The quantitative estimate of drug-likeness (QED) is 0.489. The topological polar surface area (TPSA) is 104 Å². The first-order valence-corrected chi connectivity index (χ1v) is 9.63. The van der Waals surface area contributed by atoms with E-state index in [1.165, 1.54) is 0 Å². The fraction of sp³-hybridized carbons (Fsp3) is 0.0833. The summed E-state index contributed by atoms with van der Waals surface area (Å²) in [6.07, 6.45) is 3.41. The normalized spacial score (nSPS) is 10.3. The Morgan fingerprint density at radius 2 is 1.94 bits per heavy atom. The van der Waals surface area contributed by atoms with Gasteiger partial charge in [0.15, 0.2) is 5.82 Å². The molecule has 0 aliphatic carbocycles. The maximum atomic E-state index is 12.8. The van der Waals surface area contributed by atoms with Gasteiger partial charge in [-0.2, -0.15) is 10.4 Å². The van der Waals surface area contributed by atoms with Gasteiger partial charge in [0.25, 0.3) is 5.91 Å². The van der Waals surface area contributed by atoms with Gasteiger partial charge in [-0.15, -0.1) is 0 Å². The summed E-state index contributed by atoms with van der Waals surface area (Å²) >= 11 is 0. The predicted molar refractivity (Wildman–Crippen MR) is 116 cm³/mol. The van der Waals surface area contributed by atoms with Crippen molar-refractivity contribution in [1.29, 1.82) is 5.26 Å².